The molecule has 82 valence electrons. The third-order valence-electron chi connectivity index (χ3n) is 2.62. The predicted octanol–water partition coefficient (Wildman–Crippen LogP) is 1.21. The van der Waals surface area contributed by atoms with Crippen molar-refractivity contribution in [1.82, 2.24) is 0 Å². The summed E-state index contributed by atoms with van der Waals surface area (Å²) in [5.74, 6) is -2.80. The SMILES string of the molecule is Fc1cc2c(F)c(F)c1-c1cccc-2c1.[CH3-].[Li+]. The summed E-state index contributed by atoms with van der Waals surface area (Å²) in [7, 11) is 0. The fraction of sp³-hybridized carbons (Fsp3) is 0. The molecule has 4 bridgehead atoms. The van der Waals surface area contributed by atoms with Gasteiger partial charge in [-0.1, -0.05) is 18.2 Å². The Bertz CT molecular complexity index is 579. The van der Waals surface area contributed by atoms with E-state index in [0.29, 0.717) is 11.1 Å². The molecule has 0 saturated carbocycles. The van der Waals surface area contributed by atoms with Crippen LogP contribution in [-0.2, 0) is 0 Å². The van der Waals surface area contributed by atoms with Crippen LogP contribution >= 0.6 is 0 Å². The summed E-state index contributed by atoms with van der Waals surface area (Å²) >= 11 is 0. The van der Waals surface area contributed by atoms with E-state index in [9.17, 15) is 13.2 Å². The van der Waals surface area contributed by atoms with Crippen LogP contribution in [0.1, 0.15) is 0 Å². The van der Waals surface area contributed by atoms with Crippen molar-refractivity contribution in [3.8, 4) is 22.3 Å². The van der Waals surface area contributed by atoms with E-state index in [4.69, 9.17) is 0 Å². The van der Waals surface area contributed by atoms with Crippen LogP contribution in [-0.4, -0.2) is 0 Å². The standard InChI is InChI=1S/C12H5F3.CH3.Li/c13-9-5-8-6-2-1-3-7(4-6)10(9)12(15)11(8)14;;/h1-5H;1H3;/q;-1;+1. The molecule has 0 aliphatic heterocycles. The number of hydrogen-bond donors (Lipinski definition) is 0. The maximum atomic E-state index is 13.5. The molecule has 0 unspecified atom stereocenters. The zero-order valence-electron chi connectivity index (χ0n) is 9.52. The number of rotatable bonds is 0. The molecule has 4 rings (SSSR count). The van der Waals surface area contributed by atoms with Gasteiger partial charge in [0.2, 0.25) is 0 Å². The van der Waals surface area contributed by atoms with Crippen molar-refractivity contribution in [2.45, 2.75) is 0 Å². The van der Waals surface area contributed by atoms with Crippen molar-refractivity contribution < 1.29 is 32.0 Å². The van der Waals surface area contributed by atoms with E-state index < -0.39 is 17.5 Å². The Kier molecular flexibility index (Phi) is 3.76. The van der Waals surface area contributed by atoms with Gasteiger partial charge in [0.05, 0.1) is 5.56 Å². The van der Waals surface area contributed by atoms with Crippen LogP contribution in [0.15, 0.2) is 30.3 Å². The van der Waals surface area contributed by atoms with Gasteiger partial charge in [0.25, 0.3) is 0 Å². The Hall–Kier alpha value is -1.17. The molecule has 2 aliphatic carbocycles. The molecule has 0 spiro atoms. The molecular weight excluding hydrogens is 220 g/mol. The van der Waals surface area contributed by atoms with Crippen LogP contribution in [0.2, 0.25) is 0 Å². The van der Waals surface area contributed by atoms with Gasteiger partial charge in [-0.05, 0) is 23.3 Å². The topological polar surface area (TPSA) is 0 Å². The summed E-state index contributed by atoms with van der Waals surface area (Å²) in [6.07, 6.45) is 0. The van der Waals surface area contributed by atoms with Crippen molar-refractivity contribution in [3.05, 3.63) is 55.2 Å². The normalized spacial score (nSPS) is 10.3. The molecule has 0 N–H and O–H groups in total. The Morgan fingerprint density at radius 2 is 1.47 bits per heavy atom. The second-order valence-corrected chi connectivity index (χ2v) is 3.49. The summed E-state index contributed by atoms with van der Waals surface area (Å²) in [5.41, 5.74) is 0.577. The Labute approximate surface area is 110 Å². The maximum Gasteiger partial charge on any atom is 1.00 e. The molecule has 2 aliphatic rings. The molecule has 4 heteroatoms. The number of hydrogen-bond acceptors (Lipinski definition) is 0. The molecule has 0 atom stereocenters. The van der Waals surface area contributed by atoms with Crippen molar-refractivity contribution in [1.29, 1.82) is 0 Å². The van der Waals surface area contributed by atoms with Crippen molar-refractivity contribution in [2.24, 2.45) is 0 Å². The van der Waals surface area contributed by atoms with Crippen LogP contribution in [0.4, 0.5) is 13.2 Å². The van der Waals surface area contributed by atoms with E-state index in [2.05, 4.69) is 0 Å². The van der Waals surface area contributed by atoms with Crippen LogP contribution in [0, 0.1) is 24.9 Å². The summed E-state index contributed by atoms with van der Waals surface area (Å²) in [6.45, 7) is 0. The zero-order chi connectivity index (χ0) is 10.6. The number of fused-ring (bicyclic) bond motifs is 2. The third kappa shape index (κ3) is 1.80. The maximum absolute atomic E-state index is 13.5. The fourth-order valence-corrected chi connectivity index (χ4v) is 1.91. The molecule has 0 heterocycles. The number of halogens is 3. The molecule has 0 radical (unpaired) electrons. The van der Waals surface area contributed by atoms with E-state index in [1.807, 2.05) is 0 Å². The van der Waals surface area contributed by atoms with E-state index in [0.717, 1.165) is 6.07 Å². The van der Waals surface area contributed by atoms with Crippen molar-refractivity contribution >= 4 is 0 Å². The quantitative estimate of drug-likeness (QED) is 0.308. The minimum absolute atomic E-state index is 0. The van der Waals surface area contributed by atoms with E-state index >= 15 is 0 Å². The summed E-state index contributed by atoms with van der Waals surface area (Å²) in [4.78, 5) is 0. The largest absolute Gasteiger partial charge is 1.00 e. The van der Waals surface area contributed by atoms with E-state index in [1.165, 1.54) is 0 Å². The Morgan fingerprint density at radius 1 is 0.824 bits per heavy atom. The smallest absolute Gasteiger partial charge is 0.358 e. The monoisotopic (exact) mass is 228 g/mol. The van der Waals surface area contributed by atoms with Gasteiger partial charge in [0.1, 0.15) is 5.82 Å². The van der Waals surface area contributed by atoms with Gasteiger partial charge in [-0.15, -0.1) is 0 Å². The average molecular weight is 228 g/mol. The summed E-state index contributed by atoms with van der Waals surface area (Å²) < 4.78 is 40.4. The molecule has 0 saturated heterocycles. The second-order valence-electron chi connectivity index (χ2n) is 3.49. The van der Waals surface area contributed by atoms with E-state index in [1.54, 1.807) is 24.3 Å². The van der Waals surface area contributed by atoms with Crippen LogP contribution < -0.4 is 18.9 Å². The molecule has 0 aromatic heterocycles. The molecule has 0 fully saturated rings. The summed E-state index contributed by atoms with van der Waals surface area (Å²) in [6, 6.07) is 7.47. The first-order valence-corrected chi connectivity index (χ1v) is 4.47. The van der Waals surface area contributed by atoms with Gasteiger partial charge in [-0.2, -0.15) is 0 Å². The molecular formula is C13H8F3Li. The van der Waals surface area contributed by atoms with Crippen LogP contribution in [0.3, 0.4) is 0 Å². The molecule has 0 nitrogen and oxygen atoms in total. The predicted molar refractivity (Wildman–Crippen MR) is 57.2 cm³/mol. The van der Waals surface area contributed by atoms with Gasteiger partial charge in [0, 0.05) is 5.56 Å². The van der Waals surface area contributed by atoms with Gasteiger partial charge < -0.3 is 7.43 Å². The van der Waals surface area contributed by atoms with E-state index in [-0.39, 0.29) is 37.4 Å². The van der Waals surface area contributed by atoms with Crippen molar-refractivity contribution in [3.63, 3.8) is 0 Å². The first kappa shape index (κ1) is 13.9. The van der Waals surface area contributed by atoms with Crippen molar-refractivity contribution in [2.75, 3.05) is 0 Å². The second kappa shape index (κ2) is 4.60. The van der Waals surface area contributed by atoms with Gasteiger partial charge >= 0.3 is 18.9 Å². The minimum atomic E-state index is -1.11. The van der Waals surface area contributed by atoms with Crippen LogP contribution in [0.5, 0.6) is 0 Å². The molecule has 0 amide bonds. The van der Waals surface area contributed by atoms with Gasteiger partial charge in [-0.25, -0.2) is 13.2 Å². The molecule has 2 aromatic rings. The fourth-order valence-electron chi connectivity index (χ4n) is 1.91. The average Bonchev–Trinajstić information content (AvgIpc) is 2.35. The molecule has 2 aromatic carbocycles. The summed E-state index contributed by atoms with van der Waals surface area (Å²) in [5, 5.41) is 0. The minimum Gasteiger partial charge on any atom is -0.358 e. The Balaban J connectivity index is 0.000000722. The van der Waals surface area contributed by atoms with Crippen LogP contribution in [0.25, 0.3) is 22.3 Å². The zero-order valence-corrected chi connectivity index (χ0v) is 9.52. The Morgan fingerprint density at radius 3 is 2.18 bits per heavy atom. The number of benzene rings is 2. The van der Waals surface area contributed by atoms with Gasteiger partial charge in [0.15, 0.2) is 11.6 Å². The van der Waals surface area contributed by atoms with Gasteiger partial charge in [-0.3, -0.25) is 0 Å². The first-order chi connectivity index (χ1) is 7.18. The first-order valence-electron chi connectivity index (χ1n) is 4.47. The third-order valence-corrected chi connectivity index (χ3v) is 2.62. The molecule has 17 heavy (non-hydrogen) atoms.